The molecule has 0 bridgehead atoms. The lowest BCUT2D eigenvalue weighted by atomic mass is 9.94. The van der Waals surface area contributed by atoms with Crippen LogP contribution in [0.15, 0.2) is 30.3 Å². The van der Waals surface area contributed by atoms with Crippen LogP contribution in [0.2, 0.25) is 5.02 Å². The molecule has 1 aliphatic carbocycles. The zero-order valence-electron chi connectivity index (χ0n) is 13.8. The third-order valence-corrected chi connectivity index (χ3v) is 5.71. The van der Waals surface area contributed by atoms with Gasteiger partial charge in [-0.15, -0.1) is 11.3 Å². The fourth-order valence-electron chi connectivity index (χ4n) is 3.06. The van der Waals surface area contributed by atoms with E-state index in [1.165, 1.54) is 39.8 Å². The first-order valence-electron chi connectivity index (χ1n) is 8.36. The lowest BCUT2D eigenvalue weighted by Gasteiger charge is -2.12. The largest absolute Gasteiger partial charge is 0.228 e. The molecule has 1 aliphatic rings. The third-order valence-electron chi connectivity index (χ3n) is 4.46. The number of thiazole rings is 1. The van der Waals surface area contributed by atoms with Crippen LogP contribution >= 0.6 is 22.9 Å². The molecule has 0 N–H and O–H groups in total. The highest BCUT2D eigenvalue weighted by molar-refractivity contribution is 7.19. The van der Waals surface area contributed by atoms with Gasteiger partial charge in [-0.25, -0.2) is 4.98 Å². The molecule has 0 spiro atoms. The van der Waals surface area contributed by atoms with Crippen molar-refractivity contribution >= 4 is 33.2 Å². The summed E-state index contributed by atoms with van der Waals surface area (Å²) in [6.07, 6.45) is 3.49. The van der Waals surface area contributed by atoms with Crippen LogP contribution in [0.5, 0.6) is 0 Å². The molecule has 0 amide bonds. The first-order chi connectivity index (χ1) is 11.7. The fraction of sp³-hybridized carbons (Fsp3) is 0.286. The van der Waals surface area contributed by atoms with Crippen LogP contribution in [0.4, 0.5) is 0 Å². The van der Waals surface area contributed by atoms with Gasteiger partial charge in [0.2, 0.25) is 0 Å². The average Bonchev–Trinajstić information content (AvgIpc) is 3.32. The average molecular weight is 352 g/mol. The van der Waals surface area contributed by atoms with Crippen molar-refractivity contribution in [3.63, 3.8) is 0 Å². The SMILES string of the molecule is CCc1c(C)cc2nc(C#CC3CC3)sc2c1-c1ccc(Cl)cc1. The van der Waals surface area contributed by atoms with Gasteiger partial charge < -0.3 is 0 Å². The van der Waals surface area contributed by atoms with Crippen molar-refractivity contribution in [2.75, 3.05) is 0 Å². The summed E-state index contributed by atoms with van der Waals surface area (Å²) in [4.78, 5) is 4.77. The zero-order chi connectivity index (χ0) is 16.7. The standard InChI is InChI=1S/C21H18ClNS/c1-3-17-13(2)12-18-21(20(17)15-7-9-16(22)10-8-15)24-19(23-18)11-6-14-4-5-14/h7-10,12,14H,3-5H2,1-2H3. The second-order valence-corrected chi connectivity index (χ2v) is 7.75. The van der Waals surface area contributed by atoms with Crippen LogP contribution in [0.25, 0.3) is 21.3 Å². The van der Waals surface area contributed by atoms with Crippen LogP contribution in [0.1, 0.15) is 35.9 Å². The highest BCUT2D eigenvalue weighted by Gasteiger charge is 2.19. The Morgan fingerprint density at radius 2 is 2.00 bits per heavy atom. The second-order valence-electron chi connectivity index (χ2n) is 6.32. The predicted octanol–water partition coefficient (Wildman–Crippen LogP) is 6.25. The molecule has 1 heterocycles. The van der Waals surface area contributed by atoms with E-state index in [1.807, 2.05) is 12.1 Å². The first-order valence-corrected chi connectivity index (χ1v) is 9.55. The molecular weight excluding hydrogens is 334 g/mol. The molecule has 3 heteroatoms. The summed E-state index contributed by atoms with van der Waals surface area (Å²) in [5.74, 6) is 7.20. The molecule has 4 rings (SSSR count). The minimum absolute atomic E-state index is 0.598. The number of aryl methyl sites for hydroxylation is 1. The molecule has 120 valence electrons. The molecule has 1 aromatic heterocycles. The zero-order valence-corrected chi connectivity index (χ0v) is 15.4. The smallest absolute Gasteiger partial charge is 0.168 e. The van der Waals surface area contributed by atoms with Crippen molar-refractivity contribution in [2.45, 2.75) is 33.1 Å². The molecule has 0 saturated heterocycles. The van der Waals surface area contributed by atoms with Crippen LogP contribution in [-0.4, -0.2) is 4.98 Å². The van der Waals surface area contributed by atoms with E-state index in [9.17, 15) is 0 Å². The maximum Gasteiger partial charge on any atom is 0.168 e. The van der Waals surface area contributed by atoms with E-state index in [1.54, 1.807) is 11.3 Å². The maximum atomic E-state index is 6.08. The molecule has 1 saturated carbocycles. The highest BCUT2D eigenvalue weighted by atomic mass is 35.5. The Morgan fingerprint density at radius 1 is 1.25 bits per heavy atom. The summed E-state index contributed by atoms with van der Waals surface area (Å²) in [5.41, 5.74) is 6.23. The molecule has 1 fully saturated rings. The lowest BCUT2D eigenvalue weighted by Crippen LogP contribution is -1.93. The van der Waals surface area contributed by atoms with Gasteiger partial charge in [0.1, 0.15) is 0 Å². The van der Waals surface area contributed by atoms with E-state index in [-0.39, 0.29) is 0 Å². The molecule has 2 aromatic carbocycles. The van der Waals surface area contributed by atoms with Crippen molar-refractivity contribution in [3.8, 4) is 23.0 Å². The molecule has 24 heavy (non-hydrogen) atoms. The van der Waals surface area contributed by atoms with Gasteiger partial charge in [-0.2, -0.15) is 0 Å². The molecule has 0 radical (unpaired) electrons. The summed E-state index contributed by atoms with van der Waals surface area (Å²) in [7, 11) is 0. The summed E-state index contributed by atoms with van der Waals surface area (Å²) < 4.78 is 1.24. The Bertz CT molecular complexity index is 969. The number of fused-ring (bicyclic) bond motifs is 1. The number of hydrogen-bond acceptors (Lipinski definition) is 2. The minimum atomic E-state index is 0.598. The van der Waals surface area contributed by atoms with Gasteiger partial charge in [-0.1, -0.05) is 36.6 Å². The molecule has 0 atom stereocenters. The molecule has 0 unspecified atom stereocenters. The summed E-state index contributed by atoms with van der Waals surface area (Å²) in [6.45, 7) is 4.38. The normalized spacial score (nSPS) is 13.8. The fourth-order valence-corrected chi connectivity index (χ4v) is 4.18. The van der Waals surface area contributed by atoms with Crippen molar-refractivity contribution < 1.29 is 0 Å². The van der Waals surface area contributed by atoms with Gasteiger partial charge in [0.25, 0.3) is 0 Å². The number of aromatic nitrogens is 1. The topological polar surface area (TPSA) is 12.9 Å². The summed E-state index contributed by atoms with van der Waals surface area (Å²) >= 11 is 7.79. The Balaban J connectivity index is 1.94. The first kappa shape index (κ1) is 15.7. The molecular formula is C21H18ClNS. The van der Waals surface area contributed by atoms with Crippen molar-refractivity contribution in [1.29, 1.82) is 0 Å². The Kier molecular flexibility index (Phi) is 4.08. The molecule has 1 nitrogen and oxygen atoms in total. The van der Waals surface area contributed by atoms with Gasteiger partial charge in [0.05, 0.1) is 10.2 Å². The Hall–Kier alpha value is -1.82. The van der Waals surface area contributed by atoms with Gasteiger partial charge in [-0.3, -0.25) is 0 Å². The van der Waals surface area contributed by atoms with Crippen LogP contribution in [0.3, 0.4) is 0 Å². The number of rotatable bonds is 2. The van der Waals surface area contributed by atoms with Crippen LogP contribution < -0.4 is 0 Å². The lowest BCUT2D eigenvalue weighted by molar-refractivity contribution is 1.12. The van der Waals surface area contributed by atoms with Crippen molar-refractivity contribution in [1.82, 2.24) is 4.98 Å². The van der Waals surface area contributed by atoms with Crippen LogP contribution in [-0.2, 0) is 6.42 Å². The second kappa shape index (κ2) is 6.24. The predicted molar refractivity (Wildman–Crippen MR) is 104 cm³/mol. The van der Waals surface area contributed by atoms with Crippen molar-refractivity contribution in [3.05, 3.63) is 51.5 Å². The molecule has 3 aromatic rings. The van der Waals surface area contributed by atoms with Gasteiger partial charge >= 0.3 is 0 Å². The molecule has 0 aliphatic heterocycles. The van der Waals surface area contributed by atoms with Crippen molar-refractivity contribution in [2.24, 2.45) is 5.92 Å². The quantitative estimate of drug-likeness (QED) is 0.497. The van der Waals surface area contributed by atoms with Gasteiger partial charge in [0.15, 0.2) is 5.01 Å². The summed E-state index contributed by atoms with van der Waals surface area (Å²) in [6, 6.07) is 10.3. The van der Waals surface area contributed by atoms with Crippen LogP contribution in [0, 0.1) is 24.7 Å². The number of benzene rings is 2. The minimum Gasteiger partial charge on any atom is -0.228 e. The van der Waals surface area contributed by atoms with Gasteiger partial charge in [0, 0.05) is 16.5 Å². The van der Waals surface area contributed by atoms with Gasteiger partial charge in [-0.05, 0) is 67.0 Å². The van der Waals surface area contributed by atoms with E-state index < -0.39 is 0 Å². The summed E-state index contributed by atoms with van der Waals surface area (Å²) in [5, 5.41) is 1.70. The van der Waals surface area contributed by atoms with E-state index in [4.69, 9.17) is 16.6 Å². The van der Waals surface area contributed by atoms with E-state index in [0.29, 0.717) is 5.92 Å². The monoisotopic (exact) mass is 351 g/mol. The number of hydrogen-bond donors (Lipinski definition) is 0. The highest BCUT2D eigenvalue weighted by Crippen LogP contribution is 2.38. The number of halogens is 1. The maximum absolute atomic E-state index is 6.08. The van der Waals surface area contributed by atoms with E-state index in [2.05, 4.69) is 43.9 Å². The van der Waals surface area contributed by atoms with E-state index >= 15 is 0 Å². The Morgan fingerprint density at radius 3 is 2.67 bits per heavy atom. The third kappa shape index (κ3) is 2.95. The number of nitrogens with zero attached hydrogens (tertiary/aromatic N) is 1. The Labute approximate surface area is 151 Å². The van der Waals surface area contributed by atoms with E-state index in [0.717, 1.165) is 22.0 Å².